The van der Waals surface area contributed by atoms with Gasteiger partial charge in [0.15, 0.2) is 0 Å². The van der Waals surface area contributed by atoms with Crippen molar-refractivity contribution in [3.8, 4) is 0 Å². The van der Waals surface area contributed by atoms with E-state index in [1.165, 1.54) is 18.4 Å². The maximum absolute atomic E-state index is 12.6. The number of carbonyl (C=O) groups is 2. The highest BCUT2D eigenvalue weighted by atomic mass is 16.2. The maximum Gasteiger partial charge on any atom is 0.255 e. The van der Waals surface area contributed by atoms with Crippen LogP contribution >= 0.6 is 0 Å². The minimum absolute atomic E-state index is 0.0551. The number of nitrogens with one attached hydrogen (secondary N) is 1. The first-order valence-electron chi connectivity index (χ1n) is 7.77. The van der Waals surface area contributed by atoms with Gasteiger partial charge < -0.3 is 10.2 Å². The van der Waals surface area contributed by atoms with Crippen LogP contribution < -0.4 is 5.32 Å². The van der Waals surface area contributed by atoms with Crippen molar-refractivity contribution in [1.82, 2.24) is 15.2 Å². The fraction of sp³-hybridized carbons (Fsp3) is 0.562. The zero-order valence-electron chi connectivity index (χ0n) is 12.0. The van der Waals surface area contributed by atoms with Gasteiger partial charge in [-0.15, -0.1) is 0 Å². The summed E-state index contributed by atoms with van der Waals surface area (Å²) in [5, 5.41) is 2.95. The number of amides is 2. The smallest absolute Gasteiger partial charge is 0.255 e. The molecule has 2 saturated heterocycles. The quantitative estimate of drug-likeness (QED) is 0.834. The van der Waals surface area contributed by atoms with E-state index in [0.29, 0.717) is 25.1 Å². The summed E-state index contributed by atoms with van der Waals surface area (Å²) in [7, 11) is 0. The molecule has 0 saturated carbocycles. The van der Waals surface area contributed by atoms with Crippen LogP contribution in [0.25, 0.3) is 0 Å². The van der Waals surface area contributed by atoms with E-state index in [2.05, 4.69) is 10.3 Å². The van der Waals surface area contributed by atoms with Crippen LogP contribution in [0.4, 0.5) is 0 Å². The maximum atomic E-state index is 12.6. The molecule has 5 nitrogen and oxygen atoms in total. The molecular weight excluding hydrogens is 266 g/mol. The molecule has 4 rings (SSSR count). The molecule has 0 radical (unpaired) electrons. The van der Waals surface area contributed by atoms with Gasteiger partial charge in [0.2, 0.25) is 5.91 Å². The third kappa shape index (κ3) is 2.20. The van der Waals surface area contributed by atoms with Gasteiger partial charge in [0.25, 0.3) is 5.91 Å². The monoisotopic (exact) mass is 285 g/mol. The summed E-state index contributed by atoms with van der Waals surface area (Å²) in [6.45, 7) is 1.31. The molecule has 21 heavy (non-hydrogen) atoms. The van der Waals surface area contributed by atoms with E-state index in [0.717, 1.165) is 18.5 Å². The molecule has 2 fully saturated rings. The number of hydrogen-bond donors (Lipinski definition) is 1. The number of likely N-dealkylation sites (tertiary alicyclic amines) is 1. The molecule has 0 unspecified atom stereocenters. The number of aromatic nitrogens is 1. The molecule has 0 spiro atoms. The van der Waals surface area contributed by atoms with Crippen molar-refractivity contribution in [2.45, 2.75) is 38.1 Å². The SMILES string of the molecule is O=C1C[C@H]2CN(C(=O)c3cnc4c(c3)CCCC4)C[C@H]2N1. The zero-order valence-corrected chi connectivity index (χ0v) is 12.0. The standard InChI is InChI=1S/C16H19N3O2/c20-15-6-12-8-19(9-14(12)18-15)16(21)11-5-10-3-1-2-4-13(10)17-7-11/h5,7,12,14H,1-4,6,8-9H2,(H,18,20)/t12-,14+/m0/s1. The zero-order chi connectivity index (χ0) is 14.4. The van der Waals surface area contributed by atoms with Gasteiger partial charge in [-0.25, -0.2) is 0 Å². The van der Waals surface area contributed by atoms with Crippen LogP contribution in [0.3, 0.4) is 0 Å². The van der Waals surface area contributed by atoms with Crippen LogP contribution in [-0.2, 0) is 17.6 Å². The van der Waals surface area contributed by atoms with Gasteiger partial charge in [0.05, 0.1) is 11.6 Å². The highest BCUT2D eigenvalue weighted by Crippen LogP contribution is 2.27. The predicted molar refractivity (Wildman–Crippen MR) is 76.8 cm³/mol. The average molecular weight is 285 g/mol. The number of hydrogen-bond acceptors (Lipinski definition) is 3. The summed E-state index contributed by atoms with van der Waals surface area (Å²) in [6.07, 6.45) is 6.72. The topological polar surface area (TPSA) is 62.3 Å². The van der Waals surface area contributed by atoms with Crippen molar-refractivity contribution >= 4 is 11.8 Å². The third-order valence-electron chi connectivity index (χ3n) is 4.94. The van der Waals surface area contributed by atoms with Crippen LogP contribution in [0.1, 0.15) is 40.9 Å². The highest BCUT2D eigenvalue weighted by molar-refractivity contribution is 5.94. The van der Waals surface area contributed by atoms with Crippen molar-refractivity contribution in [3.63, 3.8) is 0 Å². The van der Waals surface area contributed by atoms with Gasteiger partial charge in [0.1, 0.15) is 0 Å². The largest absolute Gasteiger partial charge is 0.351 e. The molecule has 2 atom stereocenters. The molecule has 2 amide bonds. The van der Waals surface area contributed by atoms with Crippen LogP contribution in [0.5, 0.6) is 0 Å². The lowest BCUT2D eigenvalue weighted by Crippen LogP contribution is -2.35. The van der Waals surface area contributed by atoms with Crippen molar-refractivity contribution in [2.75, 3.05) is 13.1 Å². The summed E-state index contributed by atoms with van der Waals surface area (Å²) in [4.78, 5) is 30.3. The Morgan fingerprint density at radius 1 is 1.29 bits per heavy atom. The van der Waals surface area contributed by atoms with Crippen LogP contribution in [0.2, 0.25) is 0 Å². The van der Waals surface area contributed by atoms with Crippen molar-refractivity contribution < 1.29 is 9.59 Å². The number of rotatable bonds is 1. The molecule has 5 heteroatoms. The Balaban J connectivity index is 1.52. The number of carbonyl (C=O) groups excluding carboxylic acids is 2. The fourth-order valence-electron chi connectivity index (χ4n) is 3.80. The molecule has 1 aromatic heterocycles. The lowest BCUT2D eigenvalue weighted by atomic mass is 9.95. The molecule has 3 heterocycles. The lowest BCUT2D eigenvalue weighted by molar-refractivity contribution is -0.119. The Labute approximate surface area is 123 Å². The van der Waals surface area contributed by atoms with Crippen LogP contribution in [-0.4, -0.2) is 40.8 Å². The first-order chi connectivity index (χ1) is 10.2. The van der Waals surface area contributed by atoms with E-state index in [-0.39, 0.29) is 23.8 Å². The second-order valence-corrected chi connectivity index (χ2v) is 6.39. The number of fused-ring (bicyclic) bond motifs is 2. The fourth-order valence-corrected chi connectivity index (χ4v) is 3.80. The summed E-state index contributed by atoms with van der Waals surface area (Å²) in [5.41, 5.74) is 3.09. The number of aryl methyl sites for hydroxylation is 2. The molecule has 1 N–H and O–H groups in total. The molecule has 1 aliphatic carbocycles. The average Bonchev–Trinajstić information content (AvgIpc) is 3.03. The van der Waals surface area contributed by atoms with E-state index >= 15 is 0 Å². The molecule has 1 aromatic rings. The van der Waals surface area contributed by atoms with Crippen LogP contribution in [0, 0.1) is 5.92 Å². The van der Waals surface area contributed by atoms with Gasteiger partial charge in [-0.2, -0.15) is 0 Å². The Morgan fingerprint density at radius 3 is 3.00 bits per heavy atom. The number of pyridine rings is 1. The van der Waals surface area contributed by atoms with Crippen molar-refractivity contribution in [3.05, 3.63) is 29.1 Å². The Morgan fingerprint density at radius 2 is 2.14 bits per heavy atom. The lowest BCUT2D eigenvalue weighted by Gasteiger charge is -2.19. The van der Waals surface area contributed by atoms with E-state index in [4.69, 9.17) is 0 Å². The Bertz CT molecular complexity index is 598. The number of nitrogens with zero attached hydrogens (tertiary/aromatic N) is 2. The van der Waals surface area contributed by atoms with Gasteiger partial charge in [-0.05, 0) is 37.3 Å². The van der Waals surface area contributed by atoms with Gasteiger partial charge in [0, 0.05) is 37.3 Å². The van der Waals surface area contributed by atoms with E-state index < -0.39 is 0 Å². The van der Waals surface area contributed by atoms with Crippen molar-refractivity contribution in [2.24, 2.45) is 5.92 Å². The molecule has 110 valence electrons. The molecule has 0 aromatic carbocycles. The van der Waals surface area contributed by atoms with Crippen LogP contribution in [0.15, 0.2) is 12.3 Å². The van der Waals surface area contributed by atoms with Gasteiger partial charge >= 0.3 is 0 Å². The first-order valence-corrected chi connectivity index (χ1v) is 7.77. The highest BCUT2D eigenvalue weighted by Gasteiger charge is 2.41. The van der Waals surface area contributed by atoms with E-state index in [1.807, 2.05) is 11.0 Å². The summed E-state index contributed by atoms with van der Waals surface area (Å²) < 4.78 is 0. The Hall–Kier alpha value is -1.91. The predicted octanol–water partition coefficient (Wildman–Crippen LogP) is 0.921. The second kappa shape index (κ2) is 4.83. The Kier molecular flexibility index (Phi) is 2.94. The summed E-state index contributed by atoms with van der Waals surface area (Å²) in [5.74, 6) is 0.458. The summed E-state index contributed by atoms with van der Waals surface area (Å²) in [6, 6.07) is 2.17. The molecular formula is C16H19N3O2. The van der Waals surface area contributed by atoms with Gasteiger partial charge in [-0.1, -0.05) is 0 Å². The van der Waals surface area contributed by atoms with Gasteiger partial charge in [-0.3, -0.25) is 14.6 Å². The minimum atomic E-state index is 0.0551. The third-order valence-corrected chi connectivity index (χ3v) is 4.94. The van der Waals surface area contributed by atoms with E-state index in [9.17, 15) is 9.59 Å². The minimum Gasteiger partial charge on any atom is -0.351 e. The van der Waals surface area contributed by atoms with E-state index in [1.54, 1.807) is 6.20 Å². The first kappa shape index (κ1) is 12.8. The normalized spacial score (nSPS) is 27.2. The molecule has 3 aliphatic rings. The second-order valence-electron chi connectivity index (χ2n) is 6.39. The molecule has 0 bridgehead atoms. The molecule has 2 aliphatic heterocycles. The summed E-state index contributed by atoms with van der Waals surface area (Å²) >= 11 is 0. The van der Waals surface area contributed by atoms with Crippen molar-refractivity contribution in [1.29, 1.82) is 0 Å².